The number of rotatable bonds is 7. The first kappa shape index (κ1) is 25.8. The van der Waals surface area contributed by atoms with E-state index in [-0.39, 0.29) is 17.3 Å². The monoisotopic (exact) mass is 527 g/mol. The van der Waals surface area contributed by atoms with Gasteiger partial charge in [0.05, 0.1) is 43.5 Å². The Labute approximate surface area is 225 Å². The second-order valence-electron chi connectivity index (χ2n) is 9.28. The van der Waals surface area contributed by atoms with Gasteiger partial charge in [-0.3, -0.25) is 14.5 Å². The van der Waals surface area contributed by atoms with Crippen LogP contribution in [-0.4, -0.2) is 47.6 Å². The summed E-state index contributed by atoms with van der Waals surface area (Å²) in [6, 6.07) is 15.1. The second kappa shape index (κ2) is 10.2. The minimum Gasteiger partial charge on any atom is -0.507 e. The Hall–Kier alpha value is -4.79. The third-order valence-corrected chi connectivity index (χ3v) is 6.75. The first-order valence-corrected chi connectivity index (χ1v) is 12.5. The van der Waals surface area contributed by atoms with Crippen molar-refractivity contribution >= 4 is 34.4 Å². The fourth-order valence-corrected chi connectivity index (χ4v) is 4.91. The number of anilines is 1. The molecule has 9 heteroatoms. The van der Waals surface area contributed by atoms with E-state index < -0.39 is 17.7 Å². The molecule has 200 valence electrons. The summed E-state index contributed by atoms with van der Waals surface area (Å²) in [5.74, 6) is -0.0684. The molecule has 1 aromatic heterocycles. The van der Waals surface area contributed by atoms with Gasteiger partial charge in [-0.05, 0) is 50.1 Å². The maximum absolute atomic E-state index is 13.6. The lowest BCUT2D eigenvalue weighted by molar-refractivity contribution is -0.132. The Morgan fingerprint density at radius 1 is 1.00 bits per heavy atom. The van der Waals surface area contributed by atoms with Gasteiger partial charge >= 0.3 is 5.91 Å². The number of ketones is 1. The van der Waals surface area contributed by atoms with Gasteiger partial charge in [-0.2, -0.15) is 0 Å². The number of carbonyl (C=O) groups is 2. The number of Topliss-reactive ketones (excluding diaryl/α,β-unsaturated/α-hetero) is 1. The summed E-state index contributed by atoms with van der Waals surface area (Å²) >= 11 is 0. The lowest BCUT2D eigenvalue weighted by Gasteiger charge is -2.23. The van der Waals surface area contributed by atoms with E-state index in [1.165, 1.54) is 19.1 Å². The molecule has 1 saturated heterocycles. The predicted molar refractivity (Wildman–Crippen MR) is 148 cm³/mol. The number of nitrogens with one attached hydrogen (secondary N) is 1. The van der Waals surface area contributed by atoms with Crippen LogP contribution in [-0.2, 0) is 9.59 Å². The van der Waals surface area contributed by atoms with Crippen LogP contribution in [0, 0.1) is 13.8 Å². The smallest absolute Gasteiger partial charge is 0.302 e. The Morgan fingerprint density at radius 3 is 2.41 bits per heavy atom. The molecule has 0 saturated carbocycles. The zero-order valence-corrected chi connectivity index (χ0v) is 22.4. The van der Waals surface area contributed by atoms with Crippen LogP contribution in [0.2, 0.25) is 0 Å². The summed E-state index contributed by atoms with van der Waals surface area (Å²) in [6.45, 7) is 6.17. The maximum atomic E-state index is 13.6. The lowest BCUT2D eigenvalue weighted by atomic mass is 9.94. The number of ether oxygens (including phenoxy) is 3. The van der Waals surface area contributed by atoms with Gasteiger partial charge in [-0.25, -0.2) is 4.98 Å². The average molecular weight is 528 g/mol. The number of aliphatic hydroxyl groups excluding tert-OH is 1. The van der Waals surface area contributed by atoms with E-state index in [4.69, 9.17) is 14.2 Å². The van der Waals surface area contributed by atoms with Gasteiger partial charge in [-0.15, -0.1) is 0 Å². The molecule has 1 unspecified atom stereocenters. The summed E-state index contributed by atoms with van der Waals surface area (Å²) < 4.78 is 16.4. The number of aromatic amines is 1. The zero-order chi connectivity index (χ0) is 27.8. The van der Waals surface area contributed by atoms with Gasteiger partial charge in [-0.1, -0.05) is 29.8 Å². The Morgan fingerprint density at radius 2 is 1.74 bits per heavy atom. The van der Waals surface area contributed by atoms with E-state index in [9.17, 15) is 14.7 Å². The van der Waals surface area contributed by atoms with Gasteiger partial charge in [0, 0.05) is 17.7 Å². The number of benzene rings is 3. The summed E-state index contributed by atoms with van der Waals surface area (Å²) in [7, 11) is 3.05. The number of aliphatic hydroxyl groups is 1. The molecule has 1 aliphatic heterocycles. The van der Waals surface area contributed by atoms with Crippen molar-refractivity contribution < 1.29 is 28.9 Å². The van der Waals surface area contributed by atoms with E-state index in [0.29, 0.717) is 46.0 Å². The standard InChI is InChI=1S/C30H29N3O6/c1-6-39-22-11-10-19(13-17(22)3)27(34)25-26(18-9-7-8-16(2)12-18)33(29(36)28(25)35)30-31-20-14-23(37-4)24(38-5)15-21(20)32-30/h7-15,26,34H,6H2,1-5H3,(H,31,32)/b27-25+. The van der Waals surface area contributed by atoms with Crippen LogP contribution in [0.25, 0.3) is 16.8 Å². The number of H-pyrrole nitrogens is 1. The molecule has 1 atom stereocenters. The molecule has 0 aliphatic carbocycles. The third-order valence-electron chi connectivity index (χ3n) is 6.75. The fourth-order valence-electron chi connectivity index (χ4n) is 4.91. The number of hydrogen-bond acceptors (Lipinski definition) is 7. The van der Waals surface area contributed by atoms with Crippen LogP contribution in [0.15, 0.2) is 60.2 Å². The minimum atomic E-state index is -0.916. The Balaban J connectivity index is 1.70. The van der Waals surface area contributed by atoms with E-state index in [1.54, 1.807) is 30.3 Å². The third kappa shape index (κ3) is 4.46. The van der Waals surface area contributed by atoms with Crippen molar-refractivity contribution in [2.45, 2.75) is 26.8 Å². The van der Waals surface area contributed by atoms with Crippen LogP contribution in [0.4, 0.5) is 5.95 Å². The molecule has 2 N–H and O–H groups in total. The van der Waals surface area contributed by atoms with Crippen molar-refractivity contribution in [3.63, 3.8) is 0 Å². The highest BCUT2D eigenvalue weighted by Gasteiger charge is 2.48. The highest BCUT2D eigenvalue weighted by molar-refractivity contribution is 6.51. The molecule has 4 aromatic rings. The lowest BCUT2D eigenvalue weighted by Crippen LogP contribution is -2.30. The molecule has 3 aromatic carbocycles. The molecular weight excluding hydrogens is 498 g/mol. The molecule has 1 fully saturated rings. The first-order valence-electron chi connectivity index (χ1n) is 12.5. The fraction of sp³-hybridized carbons (Fsp3) is 0.233. The second-order valence-corrected chi connectivity index (χ2v) is 9.28. The summed E-state index contributed by atoms with van der Waals surface area (Å²) in [6.07, 6.45) is 0. The first-order chi connectivity index (χ1) is 18.8. The molecular formula is C30H29N3O6. The number of aryl methyl sites for hydroxylation is 2. The quantitative estimate of drug-likeness (QED) is 0.192. The van der Waals surface area contributed by atoms with Gasteiger partial charge in [0.25, 0.3) is 5.78 Å². The Bertz CT molecular complexity index is 1600. The molecule has 0 spiro atoms. The van der Waals surface area contributed by atoms with Crippen LogP contribution in [0.3, 0.4) is 0 Å². The largest absolute Gasteiger partial charge is 0.507 e. The number of imidazole rings is 1. The highest BCUT2D eigenvalue weighted by Crippen LogP contribution is 2.43. The summed E-state index contributed by atoms with van der Waals surface area (Å²) in [4.78, 5) is 36.1. The number of methoxy groups -OCH3 is 2. The molecule has 0 radical (unpaired) electrons. The zero-order valence-electron chi connectivity index (χ0n) is 22.4. The van der Waals surface area contributed by atoms with Crippen molar-refractivity contribution in [2.75, 3.05) is 25.7 Å². The van der Waals surface area contributed by atoms with Crippen LogP contribution < -0.4 is 19.1 Å². The molecule has 5 rings (SSSR count). The molecule has 0 bridgehead atoms. The van der Waals surface area contributed by atoms with Gasteiger partial charge in [0.2, 0.25) is 5.95 Å². The van der Waals surface area contributed by atoms with E-state index in [2.05, 4.69) is 9.97 Å². The van der Waals surface area contributed by atoms with Crippen molar-refractivity contribution in [1.29, 1.82) is 0 Å². The molecule has 39 heavy (non-hydrogen) atoms. The highest BCUT2D eigenvalue weighted by atomic mass is 16.5. The van der Waals surface area contributed by atoms with Crippen molar-refractivity contribution in [3.05, 3.63) is 82.4 Å². The number of hydrogen-bond donors (Lipinski definition) is 2. The molecule has 1 aliphatic rings. The van der Waals surface area contributed by atoms with E-state index >= 15 is 0 Å². The number of amides is 1. The summed E-state index contributed by atoms with van der Waals surface area (Å²) in [5, 5.41) is 11.5. The van der Waals surface area contributed by atoms with Gasteiger partial charge in [0.15, 0.2) is 11.5 Å². The SMILES string of the molecule is CCOc1ccc(/C(O)=C2\C(=O)C(=O)N(c3nc4cc(OC)c(OC)cc4[nH]3)C2c2cccc(C)c2)cc1C. The number of nitrogens with zero attached hydrogens (tertiary/aromatic N) is 2. The van der Waals surface area contributed by atoms with E-state index in [0.717, 1.165) is 11.1 Å². The van der Waals surface area contributed by atoms with Crippen molar-refractivity contribution in [1.82, 2.24) is 9.97 Å². The average Bonchev–Trinajstić information content (AvgIpc) is 3.45. The number of carbonyl (C=O) groups excluding carboxylic acids is 2. The molecule has 9 nitrogen and oxygen atoms in total. The topological polar surface area (TPSA) is 114 Å². The van der Waals surface area contributed by atoms with Crippen LogP contribution in [0.1, 0.15) is 35.2 Å². The van der Waals surface area contributed by atoms with Crippen molar-refractivity contribution in [2.24, 2.45) is 0 Å². The van der Waals surface area contributed by atoms with Crippen LogP contribution in [0.5, 0.6) is 17.2 Å². The predicted octanol–water partition coefficient (Wildman–Crippen LogP) is 5.22. The number of aromatic nitrogens is 2. The van der Waals surface area contributed by atoms with Gasteiger partial charge in [0.1, 0.15) is 11.5 Å². The summed E-state index contributed by atoms with van der Waals surface area (Å²) in [5.41, 5.74) is 3.89. The Kier molecular flexibility index (Phi) is 6.74. The number of fused-ring (bicyclic) bond motifs is 1. The molecule has 1 amide bonds. The van der Waals surface area contributed by atoms with Crippen molar-refractivity contribution in [3.8, 4) is 17.2 Å². The maximum Gasteiger partial charge on any atom is 0.302 e. The van der Waals surface area contributed by atoms with Gasteiger partial charge < -0.3 is 24.3 Å². The molecule has 2 heterocycles. The van der Waals surface area contributed by atoms with E-state index in [1.807, 2.05) is 45.0 Å². The normalized spacial score (nSPS) is 16.6. The van der Waals surface area contributed by atoms with Crippen LogP contribution >= 0.6 is 0 Å². The minimum absolute atomic E-state index is 0.0234.